The summed E-state index contributed by atoms with van der Waals surface area (Å²) in [6.07, 6.45) is 2.21. The number of hydrogen-bond acceptors (Lipinski definition) is 4. The summed E-state index contributed by atoms with van der Waals surface area (Å²) in [7, 11) is -0.488. The summed E-state index contributed by atoms with van der Waals surface area (Å²) >= 11 is 0. The minimum absolute atomic E-state index is 0.0266. The summed E-state index contributed by atoms with van der Waals surface area (Å²) in [6, 6.07) is 12.6. The molecule has 1 atom stereocenters. The molecule has 160 valence electrons. The molecular weight excluding hydrogens is 404 g/mol. The molecule has 4 nitrogen and oxygen atoms in total. The van der Waals surface area contributed by atoms with E-state index < -0.39 is 10.7 Å². The molecule has 1 aromatic heterocycles. The molecule has 0 bridgehead atoms. The van der Waals surface area contributed by atoms with Crippen LogP contribution in [0, 0.1) is 0 Å². The van der Waals surface area contributed by atoms with Crippen LogP contribution in [-0.2, 0) is 27.3 Å². The molecule has 0 fully saturated rings. The Hall–Kier alpha value is -2.40. The smallest absolute Gasteiger partial charge is 0.351 e. The molecule has 5 heteroatoms. The van der Waals surface area contributed by atoms with E-state index in [0.717, 1.165) is 48.3 Å². The van der Waals surface area contributed by atoms with Crippen molar-refractivity contribution in [3.8, 4) is 0 Å². The van der Waals surface area contributed by atoms with Gasteiger partial charge in [-0.05, 0) is 53.0 Å². The molecule has 6 rings (SSSR count). The third-order valence-electron chi connectivity index (χ3n) is 7.45. The molecule has 0 amide bonds. The van der Waals surface area contributed by atoms with Gasteiger partial charge in [0.15, 0.2) is 0 Å². The third kappa shape index (κ3) is 2.78. The molecule has 0 N–H and O–H groups in total. The van der Waals surface area contributed by atoms with Crippen molar-refractivity contribution in [1.82, 2.24) is 0 Å². The van der Waals surface area contributed by atoms with Crippen LogP contribution in [-0.4, -0.2) is 13.1 Å². The predicted octanol–water partition coefficient (Wildman–Crippen LogP) is 5.97. The maximum Gasteiger partial charge on any atom is 0.351 e. The van der Waals surface area contributed by atoms with Gasteiger partial charge in [0.05, 0.1) is 5.69 Å². The van der Waals surface area contributed by atoms with E-state index in [1.807, 2.05) is 18.2 Å². The van der Waals surface area contributed by atoms with Crippen LogP contribution in [0.5, 0.6) is 0 Å². The number of benzene rings is 2. The fourth-order valence-electron chi connectivity index (χ4n) is 5.44. The van der Waals surface area contributed by atoms with Gasteiger partial charge < -0.3 is 9.32 Å². The Morgan fingerprint density at radius 1 is 1.03 bits per heavy atom. The highest BCUT2D eigenvalue weighted by Crippen LogP contribution is 2.51. The fourth-order valence-corrected chi connectivity index (χ4v) is 7.21. The van der Waals surface area contributed by atoms with E-state index in [4.69, 9.17) is 8.78 Å². The second-order valence-corrected chi connectivity index (χ2v) is 12.1. The molecule has 1 unspecified atom stereocenters. The summed E-state index contributed by atoms with van der Waals surface area (Å²) in [4.78, 5) is 16.4. The third-order valence-corrected chi connectivity index (χ3v) is 9.24. The molecular formula is C26H28N2O2S. The van der Waals surface area contributed by atoms with Crippen LogP contribution < -0.4 is 10.5 Å². The van der Waals surface area contributed by atoms with Crippen molar-refractivity contribution in [2.75, 3.05) is 18.0 Å². The Kier molecular flexibility index (Phi) is 3.93. The lowest BCUT2D eigenvalue weighted by atomic mass is 9.69. The van der Waals surface area contributed by atoms with Gasteiger partial charge in [-0.1, -0.05) is 56.6 Å². The van der Waals surface area contributed by atoms with Gasteiger partial charge in [0, 0.05) is 35.5 Å². The maximum atomic E-state index is 13.2. The Balaban J connectivity index is 1.62. The minimum atomic E-state index is -0.488. The molecule has 0 aliphatic carbocycles. The van der Waals surface area contributed by atoms with Crippen LogP contribution in [0.4, 0.5) is 11.4 Å². The van der Waals surface area contributed by atoms with Gasteiger partial charge in [-0.25, -0.2) is 9.16 Å². The minimum Gasteiger partial charge on any atom is -0.421 e. The van der Waals surface area contributed by atoms with E-state index in [1.165, 1.54) is 22.4 Å². The Bertz CT molecular complexity index is 1350. The molecule has 4 heterocycles. The van der Waals surface area contributed by atoms with Crippen molar-refractivity contribution in [3.05, 3.63) is 63.5 Å². The SMILES string of the molecule is CC1(C)CCN2CCC(C)(C)c3c2c1cc1cc(S2=Nc4ccccc4C2)c(=O)oc31. The summed E-state index contributed by atoms with van der Waals surface area (Å²) in [5, 5.41) is 1.05. The van der Waals surface area contributed by atoms with E-state index >= 15 is 0 Å². The lowest BCUT2D eigenvalue weighted by molar-refractivity contribution is 0.398. The van der Waals surface area contributed by atoms with Gasteiger partial charge in [0.2, 0.25) is 0 Å². The number of fused-ring (bicyclic) bond motifs is 3. The molecule has 31 heavy (non-hydrogen) atoms. The lowest BCUT2D eigenvalue weighted by Gasteiger charge is -2.48. The molecule has 3 aliphatic heterocycles. The van der Waals surface area contributed by atoms with Crippen LogP contribution in [0.1, 0.15) is 57.2 Å². The van der Waals surface area contributed by atoms with E-state index in [-0.39, 0.29) is 16.5 Å². The second kappa shape index (κ2) is 6.32. The molecule has 0 spiro atoms. The zero-order valence-corrected chi connectivity index (χ0v) is 19.4. The first-order chi connectivity index (χ1) is 14.7. The average molecular weight is 433 g/mol. The molecule has 0 saturated heterocycles. The first kappa shape index (κ1) is 19.3. The van der Waals surface area contributed by atoms with Crippen LogP contribution in [0.2, 0.25) is 0 Å². The summed E-state index contributed by atoms with van der Waals surface area (Å²) in [5.74, 6) is 0.787. The highest BCUT2D eigenvalue weighted by Gasteiger charge is 2.42. The second-order valence-electron chi connectivity index (χ2n) is 10.4. The molecule has 3 aliphatic rings. The van der Waals surface area contributed by atoms with Crippen molar-refractivity contribution in [3.63, 3.8) is 0 Å². The lowest BCUT2D eigenvalue weighted by Crippen LogP contribution is -2.44. The van der Waals surface area contributed by atoms with E-state index in [9.17, 15) is 4.79 Å². The van der Waals surface area contributed by atoms with Crippen molar-refractivity contribution >= 4 is 33.0 Å². The molecule has 0 saturated carbocycles. The van der Waals surface area contributed by atoms with E-state index in [1.54, 1.807) is 0 Å². The number of nitrogens with zero attached hydrogens (tertiary/aromatic N) is 2. The number of rotatable bonds is 1. The van der Waals surface area contributed by atoms with Crippen LogP contribution in [0.15, 0.2) is 54.9 Å². The van der Waals surface area contributed by atoms with E-state index in [0.29, 0.717) is 4.90 Å². The summed E-state index contributed by atoms with van der Waals surface area (Å²) in [5.41, 5.74) is 6.77. The van der Waals surface area contributed by atoms with Gasteiger partial charge in [-0.15, -0.1) is 0 Å². The van der Waals surface area contributed by atoms with Crippen molar-refractivity contribution in [2.45, 2.75) is 62.0 Å². The highest BCUT2D eigenvalue weighted by molar-refractivity contribution is 7.87. The monoisotopic (exact) mass is 432 g/mol. The first-order valence-corrected chi connectivity index (χ1v) is 12.5. The molecule has 0 radical (unpaired) electrons. The Labute approximate surface area is 185 Å². The standard InChI is InChI=1S/C26H28N2O2S/c1-25(2)9-11-28-12-10-26(3,4)21-22(28)18(25)13-17-14-20(24(29)30-23(17)21)31-15-16-7-5-6-8-19(16)27-31/h5-8,13-14H,9-12,15H2,1-4H3. The Morgan fingerprint density at radius 3 is 2.55 bits per heavy atom. The number of hydrogen-bond donors (Lipinski definition) is 0. The van der Waals surface area contributed by atoms with Crippen LogP contribution >= 0.6 is 0 Å². The predicted molar refractivity (Wildman–Crippen MR) is 128 cm³/mol. The average Bonchev–Trinajstić information content (AvgIpc) is 3.15. The normalized spacial score (nSPS) is 22.7. The number of anilines is 1. The largest absolute Gasteiger partial charge is 0.421 e. The molecule has 2 aromatic carbocycles. The van der Waals surface area contributed by atoms with Gasteiger partial charge in [-0.2, -0.15) is 0 Å². The van der Waals surface area contributed by atoms with Gasteiger partial charge in [0.1, 0.15) is 10.5 Å². The zero-order chi connectivity index (χ0) is 21.5. The Morgan fingerprint density at radius 2 is 1.77 bits per heavy atom. The topological polar surface area (TPSA) is 45.8 Å². The zero-order valence-electron chi connectivity index (χ0n) is 18.6. The molecule has 3 aromatic rings. The van der Waals surface area contributed by atoms with Gasteiger partial charge >= 0.3 is 5.63 Å². The fraction of sp³-hybridized carbons (Fsp3) is 0.423. The van der Waals surface area contributed by atoms with Gasteiger partial charge in [0.25, 0.3) is 0 Å². The van der Waals surface area contributed by atoms with Crippen LogP contribution in [0.25, 0.3) is 11.0 Å². The summed E-state index contributed by atoms with van der Waals surface area (Å²) < 4.78 is 11.0. The van der Waals surface area contributed by atoms with Crippen molar-refractivity contribution in [1.29, 1.82) is 0 Å². The van der Waals surface area contributed by atoms with E-state index in [2.05, 4.69) is 50.8 Å². The van der Waals surface area contributed by atoms with Crippen molar-refractivity contribution < 1.29 is 4.42 Å². The first-order valence-electron chi connectivity index (χ1n) is 11.2. The van der Waals surface area contributed by atoms with Gasteiger partial charge in [-0.3, -0.25) is 0 Å². The summed E-state index contributed by atoms with van der Waals surface area (Å²) in [6.45, 7) is 11.4. The maximum absolute atomic E-state index is 13.2. The highest BCUT2D eigenvalue weighted by atomic mass is 32.2. The van der Waals surface area contributed by atoms with Crippen LogP contribution in [0.3, 0.4) is 0 Å². The van der Waals surface area contributed by atoms with Crippen molar-refractivity contribution in [2.24, 2.45) is 4.36 Å². The quantitative estimate of drug-likeness (QED) is 0.445.